The van der Waals surface area contributed by atoms with E-state index in [2.05, 4.69) is 4.98 Å². The number of carboxylic acids is 1. The molecule has 0 saturated carbocycles. The van der Waals surface area contributed by atoms with E-state index in [0.29, 0.717) is 11.3 Å². The monoisotopic (exact) mass is 308 g/mol. The summed E-state index contributed by atoms with van der Waals surface area (Å²) in [4.78, 5) is 29.0. The number of carboxylic acid groups (broad SMARTS) is 1. The van der Waals surface area contributed by atoms with Gasteiger partial charge in [0.05, 0.1) is 4.91 Å². The first-order valence-electron chi connectivity index (χ1n) is 5.94. The standard InChI is InChI=1S/C13H12N2O3S2/c1-2-9(12(17)18)15-11(16)10(20-13(15)19)7-8-3-5-14-6-4-8/h3-7,9H,2H2,1H3,(H,17,18)/b10-7-/t9-/m0/s1. The summed E-state index contributed by atoms with van der Waals surface area (Å²) in [6, 6.07) is 2.62. The highest BCUT2D eigenvalue weighted by molar-refractivity contribution is 8.26. The molecule has 0 spiro atoms. The van der Waals surface area contributed by atoms with Crippen LogP contribution < -0.4 is 0 Å². The first kappa shape index (κ1) is 14.7. The van der Waals surface area contributed by atoms with Crippen LogP contribution in [-0.4, -0.2) is 37.2 Å². The molecule has 0 radical (unpaired) electrons. The molecule has 1 atom stereocenters. The molecule has 1 aliphatic rings. The Hall–Kier alpha value is -1.73. The maximum atomic E-state index is 12.3. The molecule has 104 valence electrons. The molecule has 1 aromatic heterocycles. The maximum absolute atomic E-state index is 12.3. The second kappa shape index (κ2) is 6.15. The quantitative estimate of drug-likeness (QED) is 0.679. The lowest BCUT2D eigenvalue weighted by atomic mass is 10.2. The Kier molecular flexibility index (Phi) is 4.51. The number of hydrogen-bond acceptors (Lipinski definition) is 5. The number of thiocarbonyl (C=S) groups is 1. The molecule has 1 aromatic rings. The Morgan fingerprint density at radius 1 is 1.55 bits per heavy atom. The fraction of sp³-hybridized carbons (Fsp3) is 0.231. The van der Waals surface area contributed by atoms with Gasteiger partial charge in [0.1, 0.15) is 10.4 Å². The van der Waals surface area contributed by atoms with Crippen molar-refractivity contribution < 1.29 is 14.7 Å². The lowest BCUT2D eigenvalue weighted by molar-refractivity contribution is -0.145. The van der Waals surface area contributed by atoms with Gasteiger partial charge in [-0.25, -0.2) is 4.79 Å². The van der Waals surface area contributed by atoms with Crippen molar-refractivity contribution in [3.05, 3.63) is 35.0 Å². The Bertz CT molecular complexity index is 587. The fourth-order valence-electron chi connectivity index (χ4n) is 1.83. The number of carbonyl (C=O) groups is 2. The largest absolute Gasteiger partial charge is 0.480 e. The molecule has 2 heterocycles. The van der Waals surface area contributed by atoms with Gasteiger partial charge in [0, 0.05) is 12.4 Å². The summed E-state index contributed by atoms with van der Waals surface area (Å²) in [7, 11) is 0. The third kappa shape index (κ3) is 2.88. The van der Waals surface area contributed by atoms with Crippen LogP contribution in [0.3, 0.4) is 0 Å². The van der Waals surface area contributed by atoms with Gasteiger partial charge in [-0.05, 0) is 30.2 Å². The van der Waals surface area contributed by atoms with E-state index in [-0.39, 0.29) is 10.2 Å². The molecular weight excluding hydrogens is 296 g/mol. The Balaban J connectivity index is 2.29. The summed E-state index contributed by atoms with van der Waals surface area (Å²) in [5, 5.41) is 9.15. The molecule has 1 fully saturated rings. The van der Waals surface area contributed by atoms with E-state index in [9.17, 15) is 9.59 Å². The summed E-state index contributed by atoms with van der Waals surface area (Å²) in [6.07, 6.45) is 5.25. The highest BCUT2D eigenvalue weighted by atomic mass is 32.2. The van der Waals surface area contributed by atoms with Crippen molar-refractivity contribution >= 4 is 46.3 Å². The molecule has 5 nitrogen and oxygen atoms in total. The number of amides is 1. The third-order valence-electron chi connectivity index (χ3n) is 2.81. The molecule has 20 heavy (non-hydrogen) atoms. The molecule has 2 rings (SSSR count). The van der Waals surface area contributed by atoms with Gasteiger partial charge in [-0.1, -0.05) is 30.9 Å². The van der Waals surface area contributed by atoms with Crippen molar-refractivity contribution in [3.8, 4) is 0 Å². The third-order valence-corrected chi connectivity index (χ3v) is 4.14. The molecular formula is C13H12N2O3S2. The van der Waals surface area contributed by atoms with Crippen molar-refractivity contribution in [2.75, 3.05) is 0 Å². The number of carbonyl (C=O) groups excluding carboxylic acids is 1. The molecule has 1 saturated heterocycles. The zero-order valence-corrected chi connectivity index (χ0v) is 12.3. The minimum Gasteiger partial charge on any atom is -0.480 e. The van der Waals surface area contributed by atoms with Crippen molar-refractivity contribution in [1.82, 2.24) is 9.88 Å². The van der Waals surface area contributed by atoms with E-state index in [0.717, 1.165) is 17.3 Å². The predicted octanol–water partition coefficient (Wildman–Crippen LogP) is 2.15. The average molecular weight is 308 g/mol. The van der Waals surface area contributed by atoms with E-state index in [1.165, 1.54) is 4.90 Å². The van der Waals surface area contributed by atoms with Gasteiger partial charge in [-0.2, -0.15) is 0 Å². The highest BCUT2D eigenvalue weighted by Crippen LogP contribution is 2.34. The number of aliphatic carboxylic acids is 1. The number of aromatic nitrogens is 1. The summed E-state index contributed by atoms with van der Waals surface area (Å²) in [5.74, 6) is -1.40. The zero-order chi connectivity index (χ0) is 14.7. The normalized spacial score (nSPS) is 18.6. The SMILES string of the molecule is CC[C@@H](C(=O)O)N1C(=O)/C(=C/c2ccncc2)SC1=S. The van der Waals surface area contributed by atoms with Crippen LogP contribution in [0.15, 0.2) is 29.4 Å². The number of hydrogen-bond donors (Lipinski definition) is 1. The molecule has 1 aliphatic heterocycles. The minimum absolute atomic E-state index is 0.282. The second-order valence-electron chi connectivity index (χ2n) is 4.09. The van der Waals surface area contributed by atoms with Gasteiger partial charge in [0.15, 0.2) is 0 Å². The first-order chi connectivity index (χ1) is 9.54. The first-order valence-corrected chi connectivity index (χ1v) is 7.17. The van der Waals surface area contributed by atoms with Gasteiger partial charge in [0.2, 0.25) is 0 Å². The van der Waals surface area contributed by atoms with Gasteiger partial charge < -0.3 is 5.11 Å². The molecule has 0 bridgehead atoms. The van der Waals surface area contributed by atoms with Crippen LogP contribution >= 0.6 is 24.0 Å². The van der Waals surface area contributed by atoms with Crippen LogP contribution in [0, 0.1) is 0 Å². The lowest BCUT2D eigenvalue weighted by Crippen LogP contribution is -2.43. The summed E-state index contributed by atoms with van der Waals surface area (Å²) >= 11 is 6.25. The van der Waals surface area contributed by atoms with Gasteiger partial charge >= 0.3 is 5.97 Å². The lowest BCUT2D eigenvalue weighted by Gasteiger charge is -2.21. The van der Waals surface area contributed by atoms with E-state index in [1.807, 2.05) is 0 Å². The molecule has 0 unspecified atom stereocenters. The highest BCUT2D eigenvalue weighted by Gasteiger charge is 2.39. The molecule has 0 aliphatic carbocycles. The Labute approximate surface area is 125 Å². The van der Waals surface area contributed by atoms with Gasteiger partial charge in [-0.15, -0.1) is 0 Å². The second-order valence-corrected chi connectivity index (χ2v) is 5.77. The number of rotatable bonds is 4. The van der Waals surface area contributed by atoms with Gasteiger partial charge in [-0.3, -0.25) is 14.7 Å². The predicted molar refractivity (Wildman–Crippen MR) is 81.0 cm³/mol. The Morgan fingerprint density at radius 2 is 2.20 bits per heavy atom. The average Bonchev–Trinajstić information content (AvgIpc) is 2.68. The molecule has 1 amide bonds. The fourth-order valence-corrected chi connectivity index (χ4v) is 3.18. The molecule has 1 N–H and O–H groups in total. The number of nitrogens with zero attached hydrogens (tertiary/aromatic N) is 2. The molecule has 0 aromatic carbocycles. The van der Waals surface area contributed by atoms with Crippen molar-refractivity contribution in [2.24, 2.45) is 0 Å². The smallest absolute Gasteiger partial charge is 0.326 e. The van der Waals surface area contributed by atoms with Gasteiger partial charge in [0.25, 0.3) is 5.91 Å². The van der Waals surface area contributed by atoms with Crippen molar-refractivity contribution in [2.45, 2.75) is 19.4 Å². The maximum Gasteiger partial charge on any atom is 0.326 e. The van der Waals surface area contributed by atoms with Crippen LogP contribution in [0.1, 0.15) is 18.9 Å². The zero-order valence-electron chi connectivity index (χ0n) is 10.6. The topological polar surface area (TPSA) is 70.5 Å². The van der Waals surface area contributed by atoms with E-state index >= 15 is 0 Å². The van der Waals surface area contributed by atoms with Crippen LogP contribution in [0.25, 0.3) is 6.08 Å². The number of pyridine rings is 1. The van der Waals surface area contributed by atoms with E-state index < -0.39 is 12.0 Å². The summed E-state index contributed by atoms with van der Waals surface area (Å²) in [5.41, 5.74) is 0.823. The van der Waals surface area contributed by atoms with Crippen LogP contribution in [-0.2, 0) is 9.59 Å². The van der Waals surface area contributed by atoms with Crippen LogP contribution in [0.2, 0.25) is 0 Å². The van der Waals surface area contributed by atoms with Crippen LogP contribution in [0.5, 0.6) is 0 Å². The summed E-state index contributed by atoms with van der Waals surface area (Å²) in [6.45, 7) is 1.71. The van der Waals surface area contributed by atoms with E-state index in [1.54, 1.807) is 37.5 Å². The van der Waals surface area contributed by atoms with Crippen molar-refractivity contribution in [1.29, 1.82) is 0 Å². The van der Waals surface area contributed by atoms with E-state index in [4.69, 9.17) is 17.3 Å². The number of thioether (sulfide) groups is 1. The van der Waals surface area contributed by atoms with Crippen molar-refractivity contribution in [3.63, 3.8) is 0 Å². The van der Waals surface area contributed by atoms with Crippen LogP contribution in [0.4, 0.5) is 0 Å². The molecule has 7 heteroatoms. The summed E-state index contributed by atoms with van der Waals surface area (Å²) < 4.78 is 0.282. The Morgan fingerprint density at radius 3 is 2.75 bits per heavy atom. The minimum atomic E-state index is -1.05.